The van der Waals surface area contributed by atoms with Crippen molar-refractivity contribution in [2.45, 2.75) is 173 Å². The molecule has 2 atom stereocenters. The minimum absolute atomic E-state index is 0. The number of aryl methyl sites for hydroxylation is 1. The van der Waals surface area contributed by atoms with Crippen molar-refractivity contribution in [1.82, 2.24) is 30.8 Å². The molecule has 0 radical (unpaired) electrons. The van der Waals surface area contributed by atoms with Crippen molar-refractivity contribution in [2.75, 3.05) is 32.7 Å². The van der Waals surface area contributed by atoms with Gasteiger partial charge in [-0.25, -0.2) is 15.2 Å². The summed E-state index contributed by atoms with van der Waals surface area (Å²) < 4.78 is 31.5. The summed E-state index contributed by atoms with van der Waals surface area (Å²) in [4.78, 5) is 96.1. The molecule has 1 aliphatic rings. The SMILES string of the molecule is CC(=O)N(O)CCCCCCC(=O)CCC(=O)N(O)CCCCCNC(=O)CCC(=O)N(O)CCCCCNC(=O)CCC(=O)CCc1ccncc1.O=C([O-])C(F)(F)F.[Cl][Pt].[Fe].[NH-][C@@H]1CCCC[C@H]1[NH-]. The van der Waals surface area contributed by atoms with E-state index in [1.165, 1.54) is 19.8 Å². The van der Waals surface area contributed by atoms with Gasteiger partial charge in [0, 0.05) is 120 Å². The average molecular weight is 1260 g/mol. The number of ketones is 2. The number of carboxylic acid groups (broad SMARTS) is 1. The second-order valence-corrected chi connectivity index (χ2v) is 16.4. The number of alkyl halides is 3. The van der Waals surface area contributed by atoms with Crippen LogP contribution in [0.5, 0.6) is 0 Å². The van der Waals surface area contributed by atoms with Crippen LogP contribution < -0.4 is 15.7 Å². The number of hydrogen-bond acceptors (Lipinski definition) is 13. The molecular formula is C45H72ClF3FeN8O12Pt-3. The van der Waals surface area contributed by atoms with Crippen LogP contribution in [-0.4, -0.2) is 134 Å². The number of carboxylic acids is 1. The average Bonchev–Trinajstić information content (AvgIpc) is 3.33. The maximum absolute atomic E-state index is 12.2. The van der Waals surface area contributed by atoms with Crippen molar-refractivity contribution in [3.05, 3.63) is 41.6 Å². The number of carbonyl (C=O) groups excluding carboxylic acids is 8. The minimum atomic E-state index is -5.19. The number of nitrogens with zero attached hydrogens (tertiary/aromatic N) is 4. The number of hydroxylamine groups is 6. The molecule has 5 amide bonds. The summed E-state index contributed by atoms with van der Waals surface area (Å²) >= 11 is 1.61. The maximum atomic E-state index is 12.2. The number of carbonyl (C=O) groups is 8. The predicted molar refractivity (Wildman–Crippen MR) is 245 cm³/mol. The molecule has 1 saturated carbocycles. The Hall–Kier alpha value is -3.60. The van der Waals surface area contributed by atoms with Gasteiger partial charge in [-0.05, 0) is 75.5 Å². The number of rotatable bonds is 31. The normalized spacial score (nSPS) is 13.7. The van der Waals surface area contributed by atoms with Crippen molar-refractivity contribution in [3.8, 4) is 0 Å². The van der Waals surface area contributed by atoms with Crippen LogP contribution in [0.3, 0.4) is 0 Å². The van der Waals surface area contributed by atoms with Crippen LogP contribution in [-0.2, 0) is 80.6 Å². The molecule has 1 heterocycles. The zero-order valence-corrected chi connectivity index (χ0v) is 44.4. The van der Waals surface area contributed by atoms with Crippen LogP contribution in [0.1, 0.15) is 154 Å². The van der Waals surface area contributed by atoms with Crippen LogP contribution in [0.4, 0.5) is 13.2 Å². The van der Waals surface area contributed by atoms with Crippen molar-refractivity contribution >= 4 is 56.5 Å². The van der Waals surface area contributed by atoms with E-state index in [-0.39, 0.29) is 111 Å². The first-order chi connectivity index (χ1) is 33.1. The Morgan fingerprint density at radius 2 is 1.03 bits per heavy atom. The molecule has 413 valence electrons. The van der Waals surface area contributed by atoms with Gasteiger partial charge in [0.2, 0.25) is 29.5 Å². The zero-order valence-electron chi connectivity index (χ0n) is 40.2. The molecule has 1 aliphatic carbocycles. The summed E-state index contributed by atoms with van der Waals surface area (Å²) in [6, 6.07) is 3.56. The zero-order chi connectivity index (χ0) is 53.3. The van der Waals surface area contributed by atoms with Gasteiger partial charge >= 0.3 is 34.4 Å². The van der Waals surface area contributed by atoms with Crippen molar-refractivity contribution in [1.29, 1.82) is 0 Å². The van der Waals surface area contributed by atoms with Gasteiger partial charge in [0.15, 0.2) is 0 Å². The van der Waals surface area contributed by atoms with Crippen LogP contribution >= 0.6 is 9.42 Å². The number of nitrogens with one attached hydrogen (secondary N) is 4. The Bertz CT molecular complexity index is 1660. The molecule has 26 heteroatoms. The molecule has 1 fully saturated rings. The number of aliphatic carboxylic acids is 1. The third-order valence-corrected chi connectivity index (χ3v) is 10.5. The van der Waals surface area contributed by atoms with Gasteiger partial charge in [-0.15, -0.1) is 0 Å². The largest absolute Gasteiger partial charge is 0.676 e. The van der Waals surface area contributed by atoms with E-state index >= 15 is 0 Å². The molecule has 0 unspecified atom stereocenters. The summed E-state index contributed by atoms with van der Waals surface area (Å²) in [5.41, 5.74) is 15.6. The fourth-order valence-electron chi connectivity index (χ4n) is 6.30. The molecule has 71 heavy (non-hydrogen) atoms. The van der Waals surface area contributed by atoms with E-state index in [9.17, 15) is 62.4 Å². The summed E-state index contributed by atoms with van der Waals surface area (Å²) in [5, 5.41) is 45.4. The van der Waals surface area contributed by atoms with Crippen LogP contribution in [0.25, 0.3) is 11.5 Å². The summed E-state index contributed by atoms with van der Waals surface area (Å²) in [7, 11) is 4.61. The molecular weight excluding hydrogens is 1190 g/mol. The Balaban J connectivity index is -0.00000216. The van der Waals surface area contributed by atoms with Crippen LogP contribution in [0.15, 0.2) is 24.5 Å². The Kier molecular flexibility index (Phi) is 45.5. The molecule has 2 rings (SSSR count). The number of hydrogen-bond donors (Lipinski definition) is 5. The minimum Gasteiger partial charge on any atom is -0.676 e. The number of aromatic nitrogens is 1. The van der Waals surface area contributed by atoms with E-state index in [1.807, 2.05) is 12.1 Å². The van der Waals surface area contributed by atoms with Gasteiger partial charge in [-0.1, -0.05) is 38.5 Å². The van der Waals surface area contributed by atoms with Gasteiger partial charge in [0.05, 0.1) is 0 Å². The monoisotopic (exact) mass is 1260 g/mol. The quantitative estimate of drug-likeness (QED) is 0.0244. The number of amides is 5. The molecule has 1 aromatic rings. The Morgan fingerprint density at radius 1 is 0.648 bits per heavy atom. The summed E-state index contributed by atoms with van der Waals surface area (Å²) in [6.45, 7) is 2.54. The second-order valence-electron chi connectivity index (χ2n) is 16.4. The van der Waals surface area contributed by atoms with E-state index in [4.69, 9.17) is 21.4 Å². The number of pyridine rings is 1. The molecule has 0 bridgehead atoms. The number of halogens is 4. The van der Waals surface area contributed by atoms with Gasteiger partial charge in [-0.3, -0.25) is 54.2 Å². The first-order valence-electron chi connectivity index (χ1n) is 23.4. The van der Waals surface area contributed by atoms with Gasteiger partial charge in [0.25, 0.3) is 0 Å². The van der Waals surface area contributed by atoms with E-state index < -0.39 is 29.9 Å². The molecule has 1 aromatic heterocycles. The van der Waals surface area contributed by atoms with Gasteiger partial charge < -0.3 is 32.0 Å². The fourth-order valence-corrected chi connectivity index (χ4v) is 6.30. The molecule has 0 saturated heterocycles. The van der Waals surface area contributed by atoms with Gasteiger partial charge in [-0.2, -0.15) is 25.3 Å². The first kappa shape index (κ1) is 71.6. The second kappa shape index (κ2) is 45.0. The molecule has 7 N–H and O–H groups in total. The first-order valence-corrected chi connectivity index (χ1v) is 26.2. The van der Waals surface area contributed by atoms with Crippen molar-refractivity contribution < 1.29 is 108 Å². The van der Waals surface area contributed by atoms with Crippen LogP contribution in [0.2, 0.25) is 0 Å². The third kappa shape index (κ3) is 42.6. The number of unbranched alkanes of at least 4 members (excludes halogenated alkanes) is 7. The molecule has 0 aliphatic heterocycles. The predicted octanol–water partition coefficient (Wildman–Crippen LogP) is 6.07. The van der Waals surface area contributed by atoms with E-state index in [0.29, 0.717) is 98.9 Å². The van der Waals surface area contributed by atoms with Crippen LogP contribution in [0, 0.1) is 0 Å². The van der Waals surface area contributed by atoms with E-state index in [2.05, 4.69) is 25.0 Å². The summed E-state index contributed by atoms with van der Waals surface area (Å²) in [6.07, 6.45) is 10.2. The number of Topliss-reactive ketones (excluding diaryl/α,β-unsaturated/α-hetero) is 2. The van der Waals surface area contributed by atoms with E-state index in [0.717, 1.165) is 31.2 Å². The maximum Gasteiger partial charge on any atom is 0 e. The van der Waals surface area contributed by atoms with Crippen molar-refractivity contribution in [3.63, 3.8) is 0 Å². The topological polar surface area (TPSA) is 315 Å². The fraction of sp³-hybridized carbons (Fsp3) is 0.711. The molecule has 20 nitrogen and oxygen atoms in total. The molecule has 0 spiro atoms. The Labute approximate surface area is 440 Å². The Morgan fingerprint density at radius 3 is 1.46 bits per heavy atom. The van der Waals surface area contributed by atoms with Gasteiger partial charge in [0.1, 0.15) is 17.5 Å². The third-order valence-electron chi connectivity index (χ3n) is 10.5. The smallest absolute Gasteiger partial charge is 0 e. The summed E-state index contributed by atoms with van der Waals surface area (Å²) in [5.74, 6) is -5.05. The molecule has 0 aromatic carbocycles. The van der Waals surface area contributed by atoms with Crippen molar-refractivity contribution in [2.24, 2.45) is 0 Å². The standard InChI is InChI=1S/C37H60N6O10.C6H12N2.C2HF3O2.ClH.Fe.Pt/c1-30(44)41(51)27-9-3-2-6-12-32(45)16-19-36(49)42(52)28-10-5-8-24-40-35(48)18-20-37(50)43(53)29-11-4-7-23-39-34(47)17-15-33(46)14-13-31-21-25-38-26-22-31;7-5-3-1-2-4-6(5)8;3-2(4,5)1(6)7;;;/h21-22,25-26,51-53H,2-20,23-24,27-29H2,1H3,(H,39,47)(H,40,48);5-8H,1-4H2;(H,6,7);1H;;/q;-2;;;;+1/p-2/t;5-,6-;;;;/m.1..../s1. The van der Waals surface area contributed by atoms with E-state index in [1.54, 1.807) is 31.2 Å².